The fourth-order valence-corrected chi connectivity index (χ4v) is 2.31. The van der Waals surface area contributed by atoms with E-state index in [2.05, 4.69) is 13.3 Å². The first-order chi connectivity index (χ1) is 9.27. The molecule has 1 radical (unpaired) electrons. The molecule has 1 N–H and O–H groups in total. The lowest BCUT2D eigenvalue weighted by molar-refractivity contribution is -0.137. The summed E-state index contributed by atoms with van der Waals surface area (Å²) in [5.74, 6) is -0.662. The van der Waals surface area contributed by atoms with Gasteiger partial charge in [0.1, 0.15) is 0 Å². The summed E-state index contributed by atoms with van der Waals surface area (Å²) in [6.07, 6.45) is 19.3. The molecule has 0 aromatic heterocycles. The van der Waals surface area contributed by atoms with E-state index in [0.29, 0.717) is 6.42 Å². The molecule has 0 atom stereocenters. The van der Waals surface area contributed by atoms with Gasteiger partial charge in [0.05, 0.1) is 0 Å². The van der Waals surface area contributed by atoms with Gasteiger partial charge in [0, 0.05) is 6.42 Å². The highest BCUT2D eigenvalue weighted by atomic mass is 16.4. The fraction of sp³-hybridized carbons (Fsp3) is 0.882. The van der Waals surface area contributed by atoms with Crippen molar-refractivity contribution in [3.63, 3.8) is 0 Å². The zero-order valence-corrected chi connectivity index (χ0v) is 12.8. The number of hydrogen-bond donors (Lipinski definition) is 1. The molecule has 0 aliphatic heterocycles. The second-order valence-corrected chi connectivity index (χ2v) is 5.55. The van der Waals surface area contributed by atoms with E-state index in [9.17, 15) is 4.79 Å². The van der Waals surface area contributed by atoms with Gasteiger partial charge in [0.15, 0.2) is 0 Å². The van der Waals surface area contributed by atoms with Crippen LogP contribution in [-0.2, 0) is 4.79 Å². The first kappa shape index (κ1) is 18.5. The fourth-order valence-electron chi connectivity index (χ4n) is 2.31. The number of carbonyl (C=O) groups is 1. The molecule has 0 spiro atoms. The van der Waals surface area contributed by atoms with E-state index >= 15 is 0 Å². The highest BCUT2D eigenvalue weighted by molar-refractivity contribution is 5.66. The molecule has 0 bridgehead atoms. The van der Waals surface area contributed by atoms with Gasteiger partial charge in [-0.15, -0.1) is 0 Å². The summed E-state index contributed by atoms with van der Waals surface area (Å²) < 4.78 is 0. The topological polar surface area (TPSA) is 37.3 Å². The van der Waals surface area contributed by atoms with Crippen molar-refractivity contribution in [3.8, 4) is 0 Å². The Morgan fingerprint density at radius 1 is 0.789 bits per heavy atom. The van der Waals surface area contributed by atoms with E-state index in [1.807, 2.05) is 0 Å². The van der Waals surface area contributed by atoms with Crippen molar-refractivity contribution in [1.82, 2.24) is 0 Å². The summed E-state index contributed by atoms with van der Waals surface area (Å²) >= 11 is 0. The van der Waals surface area contributed by atoms with Crippen molar-refractivity contribution in [2.75, 3.05) is 0 Å². The average Bonchev–Trinajstić information content (AvgIpc) is 2.39. The van der Waals surface area contributed by atoms with Crippen LogP contribution < -0.4 is 0 Å². The smallest absolute Gasteiger partial charge is 0.303 e. The van der Waals surface area contributed by atoms with Crippen LogP contribution in [0.2, 0.25) is 0 Å². The van der Waals surface area contributed by atoms with Gasteiger partial charge >= 0.3 is 5.97 Å². The summed E-state index contributed by atoms with van der Waals surface area (Å²) in [6.45, 7) is 2.26. The number of carboxylic acids is 1. The van der Waals surface area contributed by atoms with E-state index in [4.69, 9.17) is 5.11 Å². The molecule has 0 aliphatic carbocycles. The third kappa shape index (κ3) is 17.5. The first-order valence-electron chi connectivity index (χ1n) is 8.30. The molecule has 0 rings (SSSR count). The molecule has 0 aliphatic rings. The second-order valence-electron chi connectivity index (χ2n) is 5.55. The van der Waals surface area contributed by atoms with Gasteiger partial charge in [-0.1, -0.05) is 84.0 Å². The Bertz CT molecular complexity index is 190. The van der Waals surface area contributed by atoms with E-state index in [0.717, 1.165) is 12.8 Å². The highest BCUT2D eigenvalue weighted by Gasteiger charge is 1.97. The Balaban J connectivity index is 2.93. The molecule has 113 valence electrons. The zero-order chi connectivity index (χ0) is 14.2. The van der Waals surface area contributed by atoms with Crippen molar-refractivity contribution in [2.24, 2.45) is 0 Å². The maximum Gasteiger partial charge on any atom is 0.303 e. The maximum absolute atomic E-state index is 10.3. The first-order valence-corrected chi connectivity index (χ1v) is 8.30. The minimum absolute atomic E-state index is 0.335. The maximum atomic E-state index is 10.3. The Morgan fingerprint density at radius 3 is 1.79 bits per heavy atom. The van der Waals surface area contributed by atoms with Crippen molar-refractivity contribution in [3.05, 3.63) is 6.42 Å². The lowest BCUT2D eigenvalue weighted by atomic mass is 10.0. The van der Waals surface area contributed by atoms with Crippen LogP contribution in [0, 0.1) is 6.42 Å². The summed E-state index contributed by atoms with van der Waals surface area (Å²) in [5, 5.41) is 8.50. The van der Waals surface area contributed by atoms with Crippen molar-refractivity contribution in [2.45, 2.75) is 96.8 Å². The Morgan fingerprint density at radius 2 is 1.26 bits per heavy atom. The number of unbranched alkanes of at least 4 members (excludes halogenated alkanes) is 13. The molecule has 2 nitrogen and oxygen atoms in total. The van der Waals surface area contributed by atoms with Crippen LogP contribution in [0.1, 0.15) is 96.8 Å². The molecular weight excluding hydrogens is 236 g/mol. The van der Waals surface area contributed by atoms with Crippen molar-refractivity contribution >= 4 is 5.97 Å². The molecule has 0 aromatic rings. The standard InChI is InChI=1S/C17H33O2/c1-2-3-4-5-6-7-8-9-10-11-12-13-14-15-16-17(18)19/h10H,2-9,11-16H2,1H3,(H,18,19). The summed E-state index contributed by atoms with van der Waals surface area (Å²) in [4.78, 5) is 10.3. The molecule has 0 amide bonds. The number of aliphatic carboxylic acids is 1. The van der Waals surface area contributed by atoms with Crippen molar-refractivity contribution in [1.29, 1.82) is 0 Å². The quantitative estimate of drug-likeness (QED) is 0.384. The largest absolute Gasteiger partial charge is 0.481 e. The number of carboxylic acid groups (broad SMARTS) is 1. The van der Waals surface area contributed by atoms with Crippen LogP contribution in [0.4, 0.5) is 0 Å². The third-order valence-electron chi connectivity index (χ3n) is 3.56. The Hall–Kier alpha value is -0.530. The summed E-state index contributed by atoms with van der Waals surface area (Å²) in [5.41, 5.74) is 0. The normalized spacial score (nSPS) is 10.8. The van der Waals surface area contributed by atoms with E-state index < -0.39 is 5.97 Å². The lowest BCUT2D eigenvalue weighted by Gasteiger charge is -2.02. The van der Waals surface area contributed by atoms with Gasteiger partial charge in [0.2, 0.25) is 0 Å². The zero-order valence-electron chi connectivity index (χ0n) is 12.8. The van der Waals surface area contributed by atoms with Crippen LogP contribution >= 0.6 is 0 Å². The predicted octanol–water partition coefficient (Wildman–Crippen LogP) is 5.76. The minimum atomic E-state index is -0.662. The predicted molar refractivity (Wildman–Crippen MR) is 82.2 cm³/mol. The molecule has 0 aromatic carbocycles. The van der Waals surface area contributed by atoms with Crippen LogP contribution in [0.25, 0.3) is 0 Å². The SMILES string of the molecule is CCCCCCCCC[CH]CCCCCCC(=O)O. The van der Waals surface area contributed by atoms with Gasteiger partial charge in [-0.05, 0) is 12.8 Å². The van der Waals surface area contributed by atoms with Gasteiger partial charge < -0.3 is 5.11 Å². The van der Waals surface area contributed by atoms with Crippen molar-refractivity contribution < 1.29 is 9.90 Å². The van der Waals surface area contributed by atoms with Gasteiger partial charge in [-0.2, -0.15) is 0 Å². The molecule has 2 heteroatoms. The second kappa shape index (κ2) is 15.5. The van der Waals surface area contributed by atoms with E-state index in [1.54, 1.807) is 0 Å². The van der Waals surface area contributed by atoms with Gasteiger partial charge in [0.25, 0.3) is 0 Å². The molecule has 0 saturated carbocycles. The van der Waals surface area contributed by atoms with Gasteiger partial charge in [-0.25, -0.2) is 0 Å². The molecule has 0 unspecified atom stereocenters. The minimum Gasteiger partial charge on any atom is -0.481 e. The summed E-state index contributed by atoms with van der Waals surface area (Å²) in [7, 11) is 0. The van der Waals surface area contributed by atoms with Crippen LogP contribution in [0.3, 0.4) is 0 Å². The Labute approximate surface area is 120 Å². The number of hydrogen-bond acceptors (Lipinski definition) is 1. The monoisotopic (exact) mass is 269 g/mol. The van der Waals surface area contributed by atoms with Crippen LogP contribution in [-0.4, -0.2) is 11.1 Å². The Kier molecular flexibility index (Phi) is 15.1. The van der Waals surface area contributed by atoms with Gasteiger partial charge in [-0.3, -0.25) is 4.79 Å². The molecule has 19 heavy (non-hydrogen) atoms. The third-order valence-corrected chi connectivity index (χ3v) is 3.56. The number of rotatable bonds is 15. The van der Waals surface area contributed by atoms with Crippen LogP contribution in [0.15, 0.2) is 0 Å². The molecule has 0 heterocycles. The lowest BCUT2D eigenvalue weighted by Crippen LogP contribution is -1.93. The van der Waals surface area contributed by atoms with E-state index in [-0.39, 0.29) is 0 Å². The average molecular weight is 269 g/mol. The summed E-state index contributed by atoms with van der Waals surface area (Å²) in [6, 6.07) is 0. The highest BCUT2D eigenvalue weighted by Crippen LogP contribution is 2.12. The van der Waals surface area contributed by atoms with E-state index in [1.165, 1.54) is 70.6 Å². The van der Waals surface area contributed by atoms with Crippen LogP contribution in [0.5, 0.6) is 0 Å². The molecular formula is C17H33O2. The molecule has 0 fully saturated rings. The molecule has 0 saturated heterocycles.